The van der Waals surface area contributed by atoms with Crippen LogP contribution in [0.1, 0.15) is 0 Å². The highest BCUT2D eigenvalue weighted by Crippen LogP contribution is 2.22. The topological polar surface area (TPSA) is 116 Å². The van der Waals surface area contributed by atoms with Gasteiger partial charge in [-0.1, -0.05) is 0 Å². The normalized spacial score (nSPS) is 9.52. The summed E-state index contributed by atoms with van der Waals surface area (Å²) in [6.45, 7) is 0. The van der Waals surface area contributed by atoms with E-state index in [-0.39, 0.29) is 11.5 Å². The van der Waals surface area contributed by atoms with Gasteiger partial charge >= 0.3 is 11.4 Å². The lowest BCUT2D eigenvalue weighted by Gasteiger charge is -1.98. The summed E-state index contributed by atoms with van der Waals surface area (Å²) in [5.41, 5.74) is -1.18. The molecule has 8 nitrogen and oxygen atoms in total. The summed E-state index contributed by atoms with van der Waals surface area (Å²) >= 11 is 0. The van der Waals surface area contributed by atoms with Crippen molar-refractivity contribution in [3.05, 3.63) is 68.3 Å². The van der Waals surface area contributed by atoms with Crippen LogP contribution in [0.15, 0.2) is 36.4 Å². The number of phenols is 1. The second kappa shape index (κ2) is 7.64. The molecule has 0 amide bonds. The summed E-state index contributed by atoms with van der Waals surface area (Å²) in [6.07, 6.45) is 0. The van der Waals surface area contributed by atoms with Crippen molar-refractivity contribution in [3.63, 3.8) is 0 Å². The van der Waals surface area contributed by atoms with Crippen molar-refractivity contribution in [1.82, 2.24) is 0 Å². The van der Waals surface area contributed by atoms with Crippen molar-refractivity contribution >= 4 is 11.4 Å². The first kappa shape index (κ1) is 17.8. The lowest BCUT2D eigenvalue weighted by atomic mass is 10.3. The first-order valence-electron chi connectivity index (χ1n) is 5.87. The van der Waals surface area contributed by atoms with Gasteiger partial charge in [0.25, 0.3) is 0 Å². The molecule has 0 aromatic heterocycles. The predicted octanol–water partition coefficient (Wildman–Crippen LogP) is 3.18. The molecule has 0 saturated carbocycles. The number of nitro benzene ring substituents is 2. The number of rotatable bonds is 3. The molecule has 2 rings (SSSR count). The van der Waals surface area contributed by atoms with Crippen molar-refractivity contribution in [2.45, 2.75) is 0 Å². The Morgan fingerprint density at radius 1 is 0.957 bits per heavy atom. The Hall–Kier alpha value is -3.30. The van der Waals surface area contributed by atoms with Gasteiger partial charge in [-0.25, -0.2) is 0 Å². The molecule has 0 atom stereocenters. The number of nitrogens with zero attached hydrogens (tertiary/aromatic N) is 2. The molecular formula is C13H10F2N2O6. The largest absolute Gasteiger partial charge is 0.508 e. The monoisotopic (exact) mass is 328 g/mol. The number of hydrogen-bond acceptors (Lipinski definition) is 6. The smallest absolute Gasteiger partial charge is 0.305 e. The van der Waals surface area contributed by atoms with Gasteiger partial charge in [0.2, 0.25) is 11.6 Å². The zero-order valence-electron chi connectivity index (χ0n) is 11.6. The van der Waals surface area contributed by atoms with Crippen LogP contribution in [0, 0.1) is 31.9 Å². The van der Waals surface area contributed by atoms with E-state index in [1.807, 2.05) is 0 Å². The highest BCUT2D eigenvalue weighted by molar-refractivity contribution is 5.38. The maximum absolute atomic E-state index is 12.8. The molecule has 23 heavy (non-hydrogen) atoms. The predicted molar refractivity (Wildman–Crippen MR) is 74.3 cm³/mol. The maximum atomic E-state index is 12.8. The van der Waals surface area contributed by atoms with Crippen LogP contribution in [-0.4, -0.2) is 22.1 Å². The fraction of sp³-hybridized carbons (Fsp3) is 0.0769. The van der Waals surface area contributed by atoms with Crippen molar-refractivity contribution in [2.24, 2.45) is 0 Å². The third kappa shape index (κ3) is 4.88. The fourth-order valence-electron chi connectivity index (χ4n) is 1.41. The average Bonchev–Trinajstić information content (AvgIpc) is 2.46. The molecule has 0 spiro atoms. The van der Waals surface area contributed by atoms with Crippen molar-refractivity contribution in [3.8, 4) is 11.5 Å². The zero-order valence-corrected chi connectivity index (χ0v) is 11.6. The minimum absolute atomic E-state index is 0.262. The molecule has 0 aliphatic carbocycles. The number of methoxy groups -OCH3 is 1. The van der Waals surface area contributed by atoms with Gasteiger partial charge in [0.1, 0.15) is 11.5 Å². The highest BCUT2D eigenvalue weighted by Gasteiger charge is 2.13. The van der Waals surface area contributed by atoms with E-state index in [4.69, 9.17) is 5.11 Å². The summed E-state index contributed by atoms with van der Waals surface area (Å²) in [5.74, 6) is -1.99. The number of hydrogen-bond donors (Lipinski definition) is 1. The van der Waals surface area contributed by atoms with Crippen LogP contribution in [0.3, 0.4) is 0 Å². The van der Waals surface area contributed by atoms with Crippen LogP contribution in [0.2, 0.25) is 0 Å². The van der Waals surface area contributed by atoms with Gasteiger partial charge in [0.15, 0.2) is 0 Å². The molecule has 0 aliphatic heterocycles. The maximum Gasteiger partial charge on any atom is 0.305 e. The van der Waals surface area contributed by atoms with E-state index in [1.54, 1.807) is 0 Å². The van der Waals surface area contributed by atoms with Crippen molar-refractivity contribution in [2.75, 3.05) is 7.11 Å². The Bertz CT molecular complexity index is 738. The molecule has 0 aliphatic rings. The Balaban J connectivity index is 0.000000231. The molecule has 2 aromatic carbocycles. The molecule has 2 aromatic rings. The van der Waals surface area contributed by atoms with Crippen LogP contribution in [-0.2, 0) is 0 Å². The SMILES string of the molecule is COc1ccc([N+](=O)[O-])c(F)c1.O=[N+]([O-])c1ccc(O)cc1F. The Morgan fingerprint density at radius 3 is 1.83 bits per heavy atom. The van der Waals surface area contributed by atoms with E-state index < -0.39 is 32.9 Å². The summed E-state index contributed by atoms with van der Waals surface area (Å²) in [7, 11) is 1.36. The van der Waals surface area contributed by atoms with Gasteiger partial charge in [-0.2, -0.15) is 8.78 Å². The van der Waals surface area contributed by atoms with Gasteiger partial charge in [-0.05, 0) is 12.1 Å². The third-order valence-electron chi connectivity index (χ3n) is 2.48. The van der Waals surface area contributed by atoms with E-state index in [9.17, 15) is 29.0 Å². The Morgan fingerprint density at radius 2 is 1.43 bits per heavy atom. The molecule has 0 unspecified atom stereocenters. The number of ether oxygens (including phenoxy) is 1. The number of benzene rings is 2. The first-order chi connectivity index (χ1) is 10.8. The van der Waals surface area contributed by atoms with Crippen LogP contribution < -0.4 is 4.74 Å². The second-order valence-electron chi connectivity index (χ2n) is 3.97. The number of halogens is 2. The molecule has 0 heterocycles. The molecule has 0 saturated heterocycles. The molecule has 10 heteroatoms. The summed E-state index contributed by atoms with van der Waals surface area (Å²) in [5, 5.41) is 28.8. The van der Waals surface area contributed by atoms with E-state index in [0.29, 0.717) is 6.07 Å². The van der Waals surface area contributed by atoms with Crippen molar-refractivity contribution in [1.29, 1.82) is 0 Å². The molecular weight excluding hydrogens is 318 g/mol. The van der Waals surface area contributed by atoms with Gasteiger partial charge < -0.3 is 9.84 Å². The Kier molecular flexibility index (Phi) is 5.89. The molecule has 1 N–H and O–H groups in total. The lowest BCUT2D eigenvalue weighted by molar-refractivity contribution is -0.387. The third-order valence-corrected chi connectivity index (χ3v) is 2.48. The minimum Gasteiger partial charge on any atom is -0.508 e. The molecule has 122 valence electrons. The van der Waals surface area contributed by atoms with Crippen LogP contribution >= 0.6 is 0 Å². The fourth-order valence-corrected chi connectivity index (χ4v) is 1.41. The molecule has 0 radical (unpaired) electrons. The summed E-state index contributed by atoms with van der Waals surface area (Å²) in [4.78, 5) is 18.5. The van der Waals surface area contributed by atoms with E-state index in [2.05, 4.69) is 4.74 Å². The van der Waals surface area contributed by atoms with E-state index in [0.717, 1.165) is 24.3 Å². The molecule has 0 fully saturated rings. The van der Waals surface area contributed by atoms with Crippen LogP contribution in [0.5, 0.6) is 11.5 Å². The Labute approximate surface area is 127 Å². The first-order valence-corrected chi connectivity index (χ1v) is 5.87. The number of phenolic OH excluding ortho intramolecular Hbond substituents is 1. The van der Waals surface area contributed by atoms with Crippen LogP contribution in [0.4, 0.5) is 20.2 Å². The lowest BCUT2D eigenvalue weighted by Crippen LogP contribution is -1.92. The van der Waals surface area contributed by atoms with Gasteiger partial charge in [0, 0.05) is 24.3 Å². The second-order valence-corrected chi connectivity index (χ2v) is 3.97. The summed E-state index contributed by atoms with van der Waals surface area (Å²) in [6, 6.07) is 6.03. The summed E-state index contributed by atoms with van der Waals surface area (Å²) < 4.78 is 29.9. The quantitative estimate of drug-likeness (QED) is 0.683. The van der Waals surface area contributed by atoms with Gasteiger partial charge in [-0.15, -0.1) is 0 Å². The van der Waals surface area contributed by atoms with E-state index in [1.165, 1.54) is 13.2 Å². The number of aromatic hydroxyl groups is 1. The minimum atomic E-state index is -1.03. The standard InChI is InChI=1S/C7H6FNO3.C6H4FNO3/c1-12-5-2-3-7(9(10)11)6(8)4-5;7-5-3-4(9)1-2-6(5)8(10)11/h2-4H,1H3;1-3,9H. The van der Waals surface area contributed by atoms with Gasteiger partial charge in [-0.3, -0.25) is 20.2 Å². The van der Waals surface area contributed by atoms with Crippen LogP contribution in [0.25, 0.3) is 0 Å². The zero-order chi connectivity index (χ0) is 17.6. The molecule has 0 bridgehead atoms. The highest BCUT2D eigenvalue weighted by atomic mass is 19.1. The van der Waals surface area contributed by atoms with Crippen molar-refractivity contribution < 1.29 is 28.5 Å². The number of nitro groups is 2. The van der Waals surface area contributed by atoms with E-state index >= 15 is 0 Å². The van der Waals surface area contributed by atoms with Gasteiger partial charge in [0.05, 0.1) is 17.0 Å². The average molecular weight is 328 g/mol.